The third kappa shape index (κ3) is 4.06. The summed E-state index contributed by atoms with van der Waals surface area (Å²) in [6.45, 7) is 7.02. The second kappa shape index (κ2) is 7.45. The fourth-order valence-electron chi connectivity index (χ4n) is 3.31. The van der Waals surface area contributed by atoms with E-state index in [0.717, 1.165) is 53.6 Å². The largest absolute Gasteiger partial charge is 0.316 e. The van der Waals surface area contributed by atoms with Gasteiger partial charge in [-0.15, -0.1) is 22.7 Å². The first-order valence-electron chi connectivity index (χ1n) is 8.54. The lowest BCUT2D eigenvalue weighted by molar-refractivity contribution is 0.222. The molecule has 3 heterocycles. The number of hydrogen-bond donors (Lipinski definition) is 1. The highest BCUT2D eigenvalue weighted by atomic mass is 32.1. The molecular formula is C18H21FN4S2. The van der Waals surface area contributed by atoms with Crippen LogP contribution in [0.2, 0.25) is 0 Å². The summed E-state index contributed by atoms with van der Waals surface area (Å²) in [6, 6.07) is 4.83. The summed E-state index contributed by atoms with van der Waals surface area (Å²) in [6.07, 6.45) is 1.23. The predicted octanol–water partition coefficient (Wildman–Crippen LogP) is 3.81. The number of halogens is 1. The van der Waals surface area contributed by atoms with E-state index in [1.165, 1.54) is 17.4 Å². The van der Waals surface area contributed by atoms with Crippen LogP contribution in [0.1, 0.15) is 22.0 Å². The molecule has 7 heteroatoms. The van der Waals surface area contributed by atoms with E-state index in [1.807, 2.05) is 5.51 Å². The molecule has 4 rings (SSSR count). The first-order chi connectivity index (χ1) is 12.2. The molecule has 0 spiro atoms. The average Bonchev–Trinajstić information content (AvgIpc) is 3.30. The smallest absolute Gasteiger partial charge is 0.124 e. The maximum absolute atomic E-state index is 13.4. The highest BCUT2D eigenvalue weighted by Gasteiger charge is 2.20. The van der Waals surface area contributed by atoms with Gasteiger partial charge in [0.05, 0.1) is 28.0 Å². The molecule has 1 saturated heterocycles. The van der Waals surface area contributed by atoms with Crippen LogP contribution in [0.25, 0.3) is 10.2 Å². The van der Waals surface area contributed by atoms with Crippen LogP contribution in [0.3, 0.4) is 0 Å². The zero-order valence-corrected chi connectivity index (χ0v) is 15.8. The van der Waals surface area contributed by atoms with Gasteiger partial charge in [-0.1, -0.05) is 0 Å². The molecule has 1 atom stereocenters. The topological polar surface area (TPSA) is 41.1 Å². The molecule has 0 bridgehead atoms. The van der Waals surface area contributed by atoms with Gasteiger partial charge in [0, 0.05) is 18.0 Å². The minimum absolute atomic E-state index is 0.197. The van der Waals surface area contributed by atoms with E-state index in [2.05, 4.69) is 22.1 Å². The molecule has 3 aromatic rings. The van der Waals surface area contributed by atoms with Crippen LogP contribution in [0, 0.1) is 18.7 Å². The number of rotatable bonds is 6. The van der Waals surface area contributed by atoms with Gasteiger partial charge in [-0.05, 0) is 50.6 Å². The minimum Gasteiger partial charge on any atom is -0.316 e. The molecule has 0 aliphatic carbocycles. The van der Waals surface area contributed by atoms with Crippen LogP contribution in [-0.4, -0.2) is 34.5 Å². The normalized spacial score (nSPS) is 17.8. The van der Waals surface area contributed by atoms with Crippen LogP contribution < -0.4 is 5.32 Å². The highest BCUT2D eigenvalue weighted by Crippen LogP contribution is 2.26. The van der Waals surface area contributed by atoms with Crippen molar-refractivity contribution in [3.05, 3.63) is 45.1 Å². The lowest BCUT2D eigenvalue weighted by Crippen LogP contribution is -2.29. The van der Waals surface area contributed by atoms with Crippen molar-refractivity contribution in [1.82, 2.24) is 20.2 Å². The third-order valence-electron chi connectivity index (χ3n) is 4.64. The quantitative estimate of drug-likeness (QED) is 0.710. The maximum atomic E-state index is 13.4. The van der Waals surface area contributed by atoms with Crippen LogP contribution in [-0.2, 0) is 13.1 Å². The van der Waals surface area contributed by atoms with E-state index in [0.29, 0.717) is 5.92 Å². The Morgan fingerprint density at radius 1 is 1.36 bits per heavy atom. The molecule has 1 aromatic carbocycles. The fourth-order valence-corrected chi connectivity index (χ4v) is 5.16. The maximum Gasteiger partial charge on any atom is 0.124 e. The van der Waals surface area contributed by atoms with Crippen molar-refractivity contribution in [3.63, 3.8) is 0 Å². The molecule has 2 aromatic heterocycles. The third-order valence-corrected chi connectivity index (χ3v) is 6.57. The van der Waals surface area contributed by atoms with Gasteiger partial charge >= 0.3 is 0 Å². The molecule has 0 saturated carbocycles. The summed E-state index contributed by atoms with van der Waals surface area (Å²) < 4.78 is 14.4. The number of aromatic nitrogens is 2. The lowest BCUT2D eigenvalue weighted by atomic mass is 10.1. The molecule has 0 radical (unpaired) electrons. The van der Waals surface area contributed by atoms with E-state index in [9.17, 15) is 4.39 Å². The van der Waals surface area contributed by atoms with Gasteiger partial charge in [0.25, 0.3) is 0 Å². The Labute approximate surface area is 154 Å². The summed E-state index contributed by atoms with van der Waals surface area (Å²) in [7, 11) is 0. The summed E-state index contributed by atoms with van der Waals surface area (Å²) in [5, 5.41) is 4.50. The lowest BCUT2D eigenvalue weighted by Gasteiger charge is -2.24. The minimum atomic E-state index is -0.197. The van der Waals surface area contributed by atoms with Crippen molar-refractivity contribution in [2.45, 2.75) is 26.4 Å². The standard InChI is InChI=1S/C18H21FN4S2/c1-12-17(24-11-21-12)9-23(8-13-4-5-20-7-13)10-18-22-15-3-2-14(19)6-16(15)25-18/h2-3,6,11,13,20H,4-5,7-10H2,1H3. The monoisotopic (exact) mass is 376 g/mol. The average molecular weight is 377 g/mol. The fraction of sp³-hybridized carbons (Fsp3) is 0.444. The highest BCUT2D eigenvalue weighted by molar-refractivity contribution is 7.18. The molecule has 1 N–H and O–H groups in total. The Balaban J connectivity index is 1.54. The number of aryl methyl sites for hydroxylation is 1. The molecule has 132 valence electrons. The van der Waals surface area contributed by atoms with E-state index >= 15 is 0 Å². The van der Waals surface area contributed by atoms with Gasteiger partial charge in [-0.25, -0.2) is 14.4 Å². The van der Waals surface area contributed by atoms with Crippen molar-refractivity contribution < 1.29 is 4.39 Å². The van der Waals surface area contributed by atoms with Crippen LogP contribution in [0.15, 0.2) is 23.7 Å². The van der Waals surface area contributed by atoms with E-state index < -0.39 is 0 Å². The number of fused-ring (bicyclic) bond motifs is 1. The number of hydrogen-bond acceptors (Lipinski definition) is 6. The number of nitrogens with one attached hydrogen (secondary N) is 1. The first-order valence-corrected chi connectivity index (χ1v) is 10.2. The van der Waals surface area contributed by atoms with Gasteiger partial charge in [0.1, 0.15) is 10.8 Å². The van der Waals surface area contributed by atoms with Crippen LogP contribution >= 0.6 is 22.7 Å². The zero-order valence-electron chi connectivity index (χ0n) is 14.2. The van der Waals surface area contributed by atoms with Crippen molar-refractivity contribution in [3.8, 4) is 0 Å². The molecule has 1 unspecified atom stereocenters. The molecule has 1 aliphatic rings. The van der Waals surface area contributed by atoms with Gasteiger partial charge in [0.15, 0.2) is 0 Å². The van der Waals surface area contributed by atoms with E-state index in [-0.39, 0.29) is 5.82 Å². The predicted molar refractivity (Wildman–Crippen MR) is 102 cm³/mol. The number of benzene rings is 1. The molecule has 0 amide bonds. The van der Waals surface area contributed by atoms with Crippen LogP contribution in [0.4, 0.5) is 4.39 Å². The van der Waals surface area contributed by atoms with E-state index in [1.54, 1.807) is 34.8 Å². The Morgan fingerprint density at radius 3 is 3.04 bits per heavy atom. The van der Waals surface area contributed by atoms with Gasteiger partial charge < -0.3 is 5.32 Å². The first kappa shape index (κ1) is 17.0. The zero-order chi connectivity index (χ0) is 17.2. The Morgan fingerprint density at radius 2 is 2.28 bits per heavy atom. The van der Waals surface area contributed by atoms with Crippen molar-refractivity contribution >= 4 is 32.9 Å². The second-order valence-corrected chi connectivity index (χ2v) is 8.66. The molecule has 25 heavy (non-hydrogen) atoms. The number of thiazole rings is 2. The molecule has 1 aliphatic heterocycles. The second-order valence-electron chi connectivity index (χ2n) is 6.61. The number of nitrogens with zero attached hydrogens (tertiary/aromatic N) is 3. The summed E-state index contributed by atoms with van der Waals surface area (Å²) in [5.41, 5.74) is 3.92. The molecule has 4 nitrogen and oxygen atoms in total. The molecular weight excluding hydrogens is 355 g/mol. The van der Waals surface area contributed by atoms with Crippen LogP contribution in [0.5, 0.6) is 0 Å². The van der Waals surface area contributed by atoms with Crippen molar-refractivity contribution in [1.29, 1.82) is 0 Å². The Hall–Kier alpha value is -1.41. The van der Waals surface area contributed by atoms with Gasteiger partial charge in [-0.2, -0.15) is 0 Å². The summed E-state index contributed by atoms with van der Waals surface area (Å²) in [4.78, 5) is 12.9. The Kier molecular flexibility index (Phi) is 5.08. The Bertz CT molecular complexity index is 854. The SMILES string of the molecule is Cc1ncsc1CN(Cc1nc2ccc(F)cc2s1)CC1CCNC1. The summed E-state index contributed by atoms with van der Waals surface area (Å²) in [5.74, 6) is 0.483. The van der Waals surface area contributed by atoms with Crippen molar-refractivity contribution in [2.24, 2.45) is 5.92 Å². The van der Waals surface area contributed by atoms with Gasteiger partial charge in [-0.3, -0.25) is 4.90 Å². The van der Waals surface area contributed by atoms with Crippen molar-refractivity contribution in [2.75, 3.05) is 19.6 Å². The molecule has 1 fully saturated rings. The van der Waals surface area contributed by atoms with Gasteiger partial charge in [0.2, 0.25) is 0 Å². The summed E-state index contributed by atoms with van der Waals surface area (Å²) >= 11 is 3.31. The van der Waals surface area contributed by atoms with E-state index in [4.69, 9.17) is 4.98 Å².